The molecule has 0 spiro atoms. The lowest BCUT2D eigenvalue weighted by atomic mass is 10.1. The van der Waals surface area contributed by atoms with E-state index in [0.717, 1.165) is 11.8 Å². The number of hydrogen-bond donors (Lipinski definition) is 0. The van der Waals surface area contributed by atoms with Gasteiger partial charge < -0.3 is 4.74 Å². The molecule has 0 fully saturated rings. The van der Waals surface area contributed by atoms with Gasteiger partial charge in [0.1, 0.15) is 5.75 Å². The van der Waals surface area contributed by atoms with Crippen molar-refractivity contribution in [2.45, 2.75) is 20.0 Å². The molecule has 0 saturated carbocycles. The molecule has 0 aliphatic rings. The summed E-state index contributed by atoms with van der Waals surface area (Å²) in [5, 5.41) is 0. The third-order valence-corrected chi connectivity index (χ3v) is 3.31. The Morgan fingerprint density at radius 3 is 2.57 bits per heavy atom. The van der Waals surface area contributed by atoms with Gasteiger partial charge >= 0.3 is 0 Å². The van der Waals surface area contributed by atoms with Crippen molar-refractivity contribution in [2.75, 3.05) is 13.7 Å². The van der Waals surface area contributed by atoms with Crippen molar-refractivity contribution < 1.29 is 13.5 Å². The molecule has 0 radical (unpaired) electrons. The van der Waals surface area contributed by atoms with E-state index >= 15 is 0 Å². The van der Waals surface area contributed by atoms with Crippen LogP contribution in [0.25, 0.3) is 0 Å². The summed E-state index contributed by atoms with van der Waals surface area (Å²) in [6.07, 6.45) is 1.71. The third kappa shape index (κ3) is 3.76. The molecule has 0 unspecified atom stereocenters. The summed E-state index contributed by atoms with van der Waals surface area (Å²) in [5.41, 5.74) is 1.12. The highest BCUT2D eigenvalue weighted by molar-refractivity contribution is 5.35. The molecule has 0 N–H and O–H groups in total. The molecule has 0 amide bonds. The van der Waals surface area contributed by atoms with Crippen LogP contribution in [-0.2, 0) is 13.1 Å². The Morgan fingerprint density at radius 2 is 1.95 bits per heavy atom. The summed E-state index contributed by atoms with van der Waals surface area (Å²) in [6.45, 7) is 3.48. The first-order chi connectivity index (χ1) is 10.2. The normalized spacial score (nSPS) is 10.9. The maximum Gasteiger partial charge on any atom is 0.167 e. The second kappa shape index (κ2) is 7.13. The Hall–Kier alpha value is -2.01. The molecule has 112 valence electrons. The first kappa shape index (κ1) is 15.4. The van der Waals surface area contributed by atoms with Crippen LogP contribution < -0.4 is 4.74 Å². The minimum absolute atomic E-state index is 0.232. The van der Waals surface area contributed by atoms with E-state index in [1.54, 1.807) is 6.20 Å². The van der Waals surface area contributed by atoms with Crippen molar-refractivity contribution >= 4 is 0 Å². The summed E-state index contributed by atoms with van der Waals surface area (Å²) >= 11 is 0. The maximum atomic E-state index is 14.0. The van der Waals surface area contributed by atoms with Crippen molar-refractivity contribution in [1.29, 1.82) is 0 Å². The lowest BCUT2D eigenvalue weighted by molar-refractivity contribution is 0.257. The average molecular weight is 292 g/mol. The standard InChI is InChI=1S/C16H18F2N2O/c1-3-20(10-12-6-4-5-9-19-12)11-13-15(21-2)8-7-14(17)16(13)18/h4-9H,3,10-11H2,1-2H3. The number of methoxy groups -OCH3 is 1. The van der Waals surface area contributed by atoms with Crippen LogP contribution in [0.5, 0.6) is 5.75 Å². The fourth-order valence-electron chi connectivity index (χ4n) is 2.14. The predicted octanol–water partition coefficient (Wildman–Crippen LogP) is 3.39. The van der Waals surface area contributed by atoms with Crippen molar-refractivity contribution in [2.24, 2.45) is 0 Å². The molecule has 21 heavy (non-hydrogen) atoms. The second-order valence-corrected chi connectivity index (χ2v) is 4.67. The topological polar surface area (TPSA) is 25.4 Å². The molecule has 0 aliphatic carbocycles. The lowest BCUT2D eigenvalue weighted by Crippen LogP contribution is -2.24. The van der Waals surface area contributed by atoms with Crippen LogP contribution >= 0.6 is 0 Å². The van der Waals surface area contributed by atoms with Gasteiger partial charge in [-0.3, -0.25) is 9.88 Å². The van der Waals surface area contributed by atoms with Crippen molar-refractivity contribution in [3.05, 3.63) is 59.4 Å². The minimum Gasteiger partial charge on any atom is -0.496 e. The highest BCUT2D eigenvalue weighted by atomic mass is 19.2. The zero-order chi connectivity index (χ0) is 15.2. The molecule has 1 aromatic heterocycles. The Labute approximate surface area is 123 Å². The van der Waals surface area contributed by atoms with Gasteiger partial charge in [-0.05, 0) is 30.8 Å². The number of pyridine rings is 1. The van der Waals surface area contributed by atoms with Crippen LogP contribution in [0.3, 0.4) is 0 Å². The van der Waals surface area contributed by atoms with Gasteiger partial charge in [0.2, 0.25) is 0 Å². The van der Waals surface area contributed by atoms with Crippen LogP contribution in [0, 0.1) is 11.6 Å². The van der Waals surface area contributed by atoms with Gasteiger partial charge in [-0.1, -0.05) is 13.0 Å². The van der Waals surface area contributed by atoms with Crippen LogP contribution in [0.2, 0.25) is 0 Å². The molecule has 1 heterocycles. The number of nitrogens with zero attached hydrogens (tertiary/aromatic N) is 2. The first-order valence-electron chi connectivity index (χ1n) is 6.78. The number of aromatic nitrogens is 1. The second-order valence-electron chi connectivity index (χ2n) is 4.67. The highest BCUT2D eigenvalue weighted by Gasteiger charge is 2.17. The monoisotopic (exact) mass is 292 g/mol. The van der Waals surface area contributed by atoms with Crippen molar-refractivity contribution in [1.82, 2.24) is 9.88 Å². The van der Waals surface area contributed by atoms with E-state index in [0.29, 0.717) is 18.8 Å². The largest absolute Gasteiger partial charge is 0.496 e. The summed E-state index contributed by atoms with van der Waals surface area (Å²) in [7, 11) is 1.45. The fraction of sp³-hybridized carbons (Fsp3) is 0.312. The molecular formula is C16H18F2N2O. The Bertz CT molecular complexity index is 590. The lowest BCUT2D eigenvalue weighted by Gasteiger charge is -2.21. The number of benzene rings is 1. The Balaban J connectivity index is 2.20. The maximum absolute atomic E-state index is 14.0. The molecule has 2 aromatic rings. The van der Waals surface area contributed by atoms with Crippen molar-refractivity contribution in [3.8, 4) is 5.75 Å². The van der Waals surface area contributed by atoms with E-state index in [2.05, 4.69) is 4.98 Å². The van der Waals surface area contributed by atoms with E-state index in [1.165, 1.54) is 13.2 Å². The summed E-state index contributed by atoms with van der Waals surface area (Å²) in [5.74, 6) is -1.36. The SMILES string of the molecule is CCN(Cc1ccccn1)Cc1c(OC)ccc(F)c1F. The molecule has 1 aromatic carbocycles. The smallest absolute Gasteiger partial charge is 0.167 e. The first-order valence-corrected chi connectivity index (χ1v) is 6.78. The average Bonchev–Trinajstić information content (AvgIpc) is 2.52. The number of rotatable bonds is 6. The van der Waals surface area contributed by atoms with Gasteiger partial charge in [0.25, 0.3) is 0 Å². The molecule has 0 bridgehead atoms. The molecule has 5 heteroatoms. The van der Waals surface area contributed by atoms with Crippen LogP contribution in [0.4, 0.5) is 8.78 Å². The summed E-state index contributed by atoms with van der Waals surface area (Å²) < 4.78 is 32.5. The molecule has 0 saturated heterocycles. The number of hydrogen-bond acceptors (Lipinski definition) is 3. The number of halogens is 2. The van der Waals surface area contributed by atoms with Crippen LogP contribution in [0.15, 0.2) is 36.5 Å². The molecular weight excluding hydrogens is 274 g/mol. The molecule has 0 aliphatic heterocycles. The van der Waals surface area contributed by atoms with Crippen LogP contribution in [0.1, 0.15) is 18.2 Å². The van der Waals surface area contributed by atoms with Gasteiger partial charge in [-0.15, -0.1) is 0 Å². The molecule has 3 nitrogen and oxygen atoms in total. The van der Waals surface area contributed by atoms with Gasteiger partial charge in [-0.25, -0.2) is 8.78 Å². The Morgan fingerprint density at radius 1 is 1.14 bits per heavy atom. The molecule has 2 rings (SSSR count). The van der Waals surface area contributed by atoms with Gasteiger partial charge in [0.15, 0.2) is 11.6 Å². The fourth-order valence-corrected chi connectivity index (χ4v) is 2.14. The third-order valence-electron chi connectivity index (χ3n) is 3.31. The van der Waals surface area contributed by atoms with E-state index in [-0.39, 0.29) is 12.1 Å². The Kier molecular flexibility index (Phi) is 5.22. The quantitative estimate of drug-likeness (QED) is 0.816. The summed E-state index contributed by atoms with van der Waals surface area (Å²) in [6, 6.07) is 8.17. The zero-order valence-electron chi connectivity index (χ0n) is 12.1. The zero-order valence-corrected chi connectivity index (χ0v) is 12.1. The predicted molar refractivity (Wildman–Crippen MR) is 76.9 cm³/mol. The highest BCUT2D eigenvalue weighted by Crippen LogP contribution is 2.25. The minimum atomic E-state index is -0.861. The van der Waals surface area contributed by atoms with E-state index in [1.807, 2.05) is 30.0 Å². The summed E-state index contributed by atoms with van der Waals surface area (Å²) in [4.78, 5) is 6.22. The van der Waals surface area contributed by atoms with Crippen LogP contribution in [-0.4, -0.2) is 23.5 Å². The van der Waals surface area contributed by atoms with Gasteiger partial charge in [-0.2, -0.15) is 0 Å². The van der Waals surface area contributed by atoms with Gasteiger partial charge in [0, 0.05) is 24.8 Å². The van der Waals surface area contributed by atoms with Gasteiger partial charge in [0.05, 0.1) is 12.8 Å². The van der Waals surface area contributed by atoms with E-state index in [4.69, 9.17) is 4.74 Å². The van der Waals surface area contributed by atoms with E-state index in [9.17, 15) is 8.78 Å². The molecule has 0 atom stereocenters. The van der Waals surface area contributed by atoms with Crippen molar-refractivity contribution in [3.63, 3.8) is 0 Å². The number of ether oxygens (including phenoxy) is 1. The van der Waals surface area contributed by atoms with E-state index < -0.39 is 11.6 Å².